The SMILES string of the molecule is C[C@@H]1CCCC[C@H]1NC(=O)[C@@H](c1ccccc1Cl)N(CCc1c[nH]c2ccccc12)C(=O)CCl. The molecule has 34 heavy (non-hydrogen) atoms. The van der Waals surface area contributed by atoms with Crippen molar-refractivity contribution >= 4 is 45.9 Å². The normalized spacial score (nSPS) is 19.0. The van der Waals surface area contributed by atoms with E-state index in [1.807, 2.05) is 42.6 Å². The van der Waals surface area contributed by atoms with Gasteiger partial charge in [0.2, 0.25) is 11.8 Å². The summed E-state index contributed by atoms with van der Waals surface area (Å²) in [5, 5.41) is 4.80. The van der Waals surface area contributed by atoms with Crippen LogP contribution in [0.4, 0.5) is 0 Å². The number of halogens is 2. The molecule has 2 N–H and O–H groups in total. The second kappa shape index (κ2) is 11.3. The van der Waals surface area contributed by atoms with Crippen LogP contribution in [0.5, 0.6) is 0 Å². The molecular formula is C27H31Cl2N3O2. The molecule has 0 bridgehead atoms. The molecule has 4 rings (SSSR count). The first kappa shape index (κ1) is 24.6. The van der Waals surface area contributed by atoms with Gasteiger partial charge in [0.1, 0.15) is 11.9 Å². The molecule has 0 aliphatic heterocycles. The van der Waals surface area contributed by atoms with Gasteiger partial charge in [-0.25, -0.2) is 0 Å². The first-order chi connectivity index (χ1) is 16.5. The van der Waals surface area contributed by atoms with E-state index in [-0.39, 0.29) is 23.7 Å². The van der Waals surface area contributed by atoms with Gasteiger partial charge in [0.25, 0.3) is 0 Å². The Kier molecular flexibility index (Phi) is 8.17. The van der Waals surface area contributed by atoms with Crippen molar-refractivity contribution in [2.45, 2.75) is 51.1 Å². The van der Waals surface area contributed by atoms with E-state index in [2.05, 4.69) is 23.3 Å². The monoisotopic (exact) mass is 499 g/mol. The summed E-state index contributed by atoms with van der Waals surface area (Å²) >= 11 is 12.6. The average Bonchev–Trinajstić information content (AvgIpc) is 3.26. The molecule has 0 spiro atoms. The van der Waals surface area contributed by atoms with Gasteiger partial charge in [-0.3, -0.25) is 9.59 Å². The lowest BCUT2D eigenvalue weighted by Crippen LogP contribution is -2.49. The number of aromatic amines is 1. The van der Waals surface area contributed by atoms with Gasteiger partial charge in [-0.2, -0.15) is 0 Å². The fourth-order valence-corrected chi connectivity index (χ4v) is 5.39. The fraction of sp³-hybridized carbons (Fsp3) is 0.407. The Balaban J connectivity index is 1.64. The average molecular weight is 500 g/mol. The smallest absolute Gasteiger partial charge is 0.247 e. The van der Waals surface area contributed by atoms with E-state index in [0.717, 1.165) is 35.7 Å². The molecule has 1 saturated carbocycles. The topological polar surface area (TPSA) is 65.2 Å². The molecule has 1 aliphatic rings. The predicted molar refractivity (Wildman–Crippen MR) is 138 cm³/mol. The molecule has 1 fully saturated rings. The number of alkyl halides is 1. The van der Waals surface area contributed by atoms with E-state index in [1.54, 1.807) is 11.0 Å². The number of carbonyl (C=O) groups excluding carboxylic acids is 2. The number of hydrogen-bond donors (Lipinski definition) is 2. The molecule has 5 nitrogen and oxygen atoms in total. The van der Waals surface area contributed by atoms with E-state index in [9.17, 15) is 9.59 Å². The highest BCUT2D eigenvalue weighted by Gasteiger charge is 2.34. The van der Waals surface area contributed by atoms with Crippen LogP contribution in [0.3, 0.4) is 0 Å². The number of nitrogens with one attached hydrogen (secondary N) is 2. The fourth-order valence-electron chi connectivity index (χ4n) is 4.99. The number of nitrogens with zero attached hydrogens (tertiary/aromatic N) is 1. The number of benzene rings is 2. The van der Waals surface area contributed by atoms with Crippen molar-refractivity contribution in [3.63, 3.8) is 0 Å². The van der Waals surface area contributed by atoms with E-state index in [0.29, 0.717) is 29.5 Å². The van der Waals surface area contributed by atoms with Gasteiger partial charge in [-0.05, 0) is 42.9 Å². The number of amides is 2. The number of rotatable bonds is 8. The zero-order chi connectivity index (χ0) is 24.1. The predicted octanol–water partition coefficient (Wildman–Crippen LogP) is 5.87. The molecule has 1 aliphatic carbocycles. The quantitative estimate of drug-likeness (QED) is 0.380. The molecule has 2 aromatic carbocycles. The lowest BCUT2D eigenvalue weighted by Gasteiger charge is -2.35. The van der Waals surface area contributed by atoms with Crippen LogP contribution in [0.25, 0.3) is 10.9 Å². The highest BCUT2D eigenvalue weighted by atomic mass is 35.5. The van der Waals surface area contributed by atoms with Crippen LogP contribution in [-0.2, 0) is 16.0 Å². The Bertz CT molecular complexity index is 1150. The Morgan fingerprint density at radius 3 is 2.62 bits per heavy atom. The van der Waals surface area contributed by atoms with Gasteiger partial charge >= 0.3 is 0 Å². The summed E-state index contributed by atoms with van der Waals surface area (Å²) in [6.45, 7) is 2.52. The third kappa shape index (κ3) is 5.42. The summed E-state index contributed by atoms with van der Waals surface area (Å²) < 4.78 is 0. The maximum Gasteiger partial charge on any atom is 0.247 e. The minimum Gasteiger partial charge on any atom is -0.361 e. The summed E-state index contributed by atoms with van der Waals surface area (Å²) in [7, 11) is 0. The van der Waals surface area contributed by atoms with E-state index in [1.165, 1.54) is 6.42 Å². The van der Waals surface area contributed by atoms with E-state index in [4.69, 9.17) is 23.2 Å². The molecule has 2 amide bonds. The maximum absolute atomic E-state index is 13.7. The summed E-state index contributed by atoms with van der Waals surface area (Å²) in [5.74, 6) is -0.308. The van der Waals surface area contributed by atoms with Crippen molar-refractivity contribution in [2.75, 3.05) is 12.4 Å². The van der Waals surface area contributed by atoms with Gasteiger partial charge in [0, 0.05) is 40.3 Å². The molecule has 3 aromatic rings. The van der Waals surface area contributed by atoms with Crippen molar-refractivity contribution in [3.8, 4) is 0 Å². The number of para-hydroxylation sites is 1. The number of carbonyl (C=O) groups is 2. The minimum absolute atomic E-state index is 0.0906. The summed E-state index contributed by atoms with van der Waals surface area (Å²) in [5.41, 5.74) is 2.74. The Morgan fingerprint density at radius 1 is 1.12 bits per heavy atom. The second-order valence-corrected chi connectivity index (χ2v) is 9.81. The largest absolute Gasteiger partial charge is 0.361 e. The maximum atomic E-state index is 13.7. The molecule has 0 saturated heterocycles. The summed E-state index contributed by atoms with van der Waals surface area (Å²) in [6.07, 6.45) is 6.86. The highest BCUT2D eigenvalue weighted by molar-refractivity contribution is 6.31. The number of fused-ring (bicyclic) bond motifs is 1. The van der Waals surface area contributed by atoms with Crippen molar-refractivity contribution in [1.29, 1.82) is 0 Å². The third-order valence-electron chi connectivity index (χ3n) is 6.93. The molecule has 180 valence electrons. The van der Waals surface area contributed by atoms with Crippen LogP contribution in [0, 0.1) is 5.92 Å². The van der Waals surface area contributed by atoms with Crippen LogP contribution < -0.4 is 5.32 Å². The van der Waals surface area contributed by atoms with Gasteiger partial charge < -0.3 is 15.2 Å². The molecule has 0 unspecified atom stereocenters. The Hall–Kier alpha value is -2.50. The minimum atomic E-state index is -0.848. The first-order valence-electron chi connectivity index (χ1n) is 11.9. The lowest BCUT2D eigenvalue weighted by atomic mass is 9.85. The van der Waals surface area contributed by atoms with Crippen LogP contribution in [-0.4, -0.2) is 40.2 Å². The molecular weight excluding hydrogens is 469 g/mol. The van der Waals surface area contributed by atoms with Gasteiger partial charge in [0.15, 0.2) is 0 Å². The van der Waals surface area contributed by atoms with Crippen molar-refractivity contribution in [3.05, 3.63) is 70.9 Å². The number of hydrogen-bond acceptors (Lipinski definition) is 2. The molecule has 1 heterocycles. The van der Waals surface area contributed by atoms with Crippen LogP contribution in [0.2, 0.25) is 5.02 Å². The Labute approximate surface area is 210 Å². The second-order valence-electron chi connectivity index (χ2n) is 9.13. The lowest BCUT2D eigenvalue weighted by molar-refractivity contribution is -0.139. The number of H-pyrrole nitrogens is 1. The molecule has 1 aromatic heterocycles. The standard InChI is InChI=1S/C27H31Cl2N3O2/c1-18-8-2-6-12-23(18)31-27(34)26(21-10-3-5-11-22(21)29)32(25(33)16-28)15-14-19-17-30-24-13-7-4-9-20(19)24/h3-5,7,9-11,13,17-18,23,26,30H,2,6,8,12,14-16H2,1H3,(H,31,34)/t18-,23-,26-/m1/s1. The molecule has 0 radical (unpaired) electrons. The van der Waals surface area contributed by atoms with Crippen molar-refractivity contribution < 1.29 is 9.59 Å². The third-order valence-corrected chi connectivity index (χ3v) is 7.50. The zero-order valence-electron chi connectivity index (χ0n) is 19.4. The van der Waals surface area contributed by atoms with E-state index < -0.39 is 6.04 Å². The van der Waals surface area contributed by atoms with Crippen LogP contribution in [0.15, 0.2) is 54.7 Å². The summed E-state index contributed by atoms with van der Waals surface area (Å²) in [4.78, 5) is 31.7. The van der Waals surface area contributed by atoms with Crippen molar-refractivity contribution in [1.82, 2.24) is 15.2 Å². The zero-order valence-corrected chi connectivity index (χ0v) is 20.9. The van der Waals surface area contributed by atoms with E-state index >= 15 is 0 Å². The molecule has 7 heteroatoms. The Morgan fingerprint density at radius 2 is 1.85 bits per heavy atom. The molecule has 3 atom stereocenters. The summed E-state index contributed by atoms with van der Waals surface area (Å²) in [6, 6.07) is 14.5. The van der Waals surface area contributed by atoms with Crippen LogP contribution >= 0.6 is 23.2 Å². The van der Waals surface area contributed by atoms with Gasteiger partial charge in [0.05, 0.1) is 0 Å². The highest BCUT2D eigenvalue weighted by Crippen LogP contribution is 2.31. The number of aromatic nitrogens is 1. The van der Waals surface area contributed by atoms with Gasteiger partial charge in [-0.1, -0.05) is 67.8 Å². The van der Waals surface area contributed by atoms with Crippen molar-refractivity contribution in [2.24, 2.45) is 5.92 Å². The first-order valence-corrected chi connectivity index (χ1v) is 12.9. The van der Waals surface area contributed by atoms with Gasteiger partial charge in [-0.15, -0.1) is 11.6 Å². The van der Waals surface area contributed by atoms with Crippen LogP contribution in [0.1, 0.15) is 49.8 Å².